The van der Waals surface area contributed by atoms with E-state index in [9.17, 15) is 9.59 Å². The van der Waals surface area contributed by atoms with Crippen LogP contribution in [0.3, 0.4) is 0 Å². The maximum Gasteiger partial charge on any atom is 0.417 e. The average molecular weight is 372 g/mol. The molecule has 0 bridgehead atoms. The minimum Gasteiger partial charge on any atom is -0.408 e. The van der Waals surface area contributed by atoms with Crippen molar-refractivity contribution < 1.29 is 9.21 Å². The van der Waals surface area contributed by atoms with E-state index in [-0.39, 0.29) is 6.03 Å². The molecule has 0 radical (unpaired) electrons. The summed E-state index contributed by atoms with van der Waals surface area (Å²) in [5.74, 6) is -0.468. The maximum absolute atomic E-state index is 12.0. The van der Waals surface area contributed by atoms with Crippen LogP contribution in [0, 0.1) is 0 Å². The van der Waals surface area contributed by atoms with Crippen molar-refractivity contribution in [3.63, 3.8) is 0 Å². The van der Waals surface area contributed by atoms with Crippen LogP contribution in [-0.2, 0) is 6.54 Å². The zero-order valence-electron chi connectivity index (χ0n) is 14.2. The number of nitrogens with one attached hydrogen (secondary N) is 3. The Morgan fingerprint density at radius 3 is 3.00 bits per heavy atom. The number of oxazole rings is 1. The van der Waals surface area contributed by atoms with E-state index in [4.69, 9.17) is 4.42 Å². The summed E-state index contributed by atoms with van der Waals surface area (Å²) in [4.78, 5) is 30.4. The van der Waals surface area contributed by atoms with Gasteiger partial charge in [0.25, 0.3) is 0 Å². The number of aromatic amines is 1. The molecule has 2 heterocycles. The van der Waals surface area contributed by atoms with Crippen LogP contribution in [0.1, 0.15) is 37.1 Å². The van der Waals surface area contributed by atoms with Gasteiger partial charge in [0, 0.05) is 17.0 Å². The highest BCUT2D eigenvalue weighted by molar-refractivity contribution is 7.09. The van der Waals surface area contributed by atoms with Gasteiger partial charge in [-0.25, -0.2) is 14.6 Å². The molecule has 4 rings (SSSR count). The van der Waals surface area contributed by atoms with Crippen molar-refractivity contribution >= 4 is 28.5 Å². The Morgan fingerprint density at radius 2 is 2.15 bits per heavy atom. The first kappa shape index (κ1) is 16.8. The maximum atomic E-state index is 12.0. The second kappa shape index (κ2) is 7.33. The van der Waals surface area contributed by atoms with E-state index >= 15 is 0 Å². The lowest BCUT2D eigenvalue weighted by atomic mass is 9.96. The Balaban J connectivity index is 1.37. The fraction of sp³-hybridized carbons (Fsp3) is 0.389. The van der Waals surface area contributed by atoms with Crippen molar-refractivity contribution in [1.82, 2.24) is 20.6 Å². The fourth-order valence-electron chi connectivity index (χ4n) is 3.27. The van der Waals surface area contributed by atoms with Crippen LogP contribution in [-0.4, -0.2) is 22.0 Å². The second-order valence-electron chi connectivity index (χ2n) is 6.51. The molecule has 1 fully saturated rings. The van der Waals surface area contributed by atoms with Gasteiger partial charge in [-0.3, -0.25) is 4.98 Å². The normalized spacial score (nSPS) is 15.2. The molecule has 2 aromatic heterocycles. The minimum atomic E-state index is -0.468. The zero-order chi connectivity index (χ0) is 17.9. The molecule has 8 heteroatoms. The molecule has 0 spiro atoms. The van der Waals surface area contributed by atoms with Crippen molar-refractivity contribution in [1.29, 1.82) is 0 Å². The number of carbonyl (C=O) groups is 1. The number of aromatic nitrogens is 2. The third-order valence-corrected chi connectivity index (χ3v) is 5.46. The Hall–Kier alpha value is -2.61. The van der Waals surface area contributed by atoms with Gasteiger partial charge in [-0.2, -0.15) is 0 Å². The Kier molecular flexibility index (Phi) is 4.75. The minimum absolute atomic E-state index is 0.135. The van der Waals surface area contributed by atoms with Crippen LogP contribution in [0.15, 0.2) is 32.8 Å². The van der Waals surface area contributed by atoms with Crippen molar-refractivity contribution in [3.8, 4) is 11.3 Å². The molecule has 3 aromatic rings. The van der Waals surface area contributed by atoms with E-state index < -0.39 is 5.76 Å². The van der Waals surface area contributed by atoms with Crippen molar-refractivity contribution in [2.75, 3.05) is 0 Å². The summed E-state index contributed by atoms with van der Waals surface area (Å²) in [7, 11) is 0. The monoisotopic (exact) mass is 372 g/mol. The summed E-state index contributed by atoms with van der Waals surface area (Å²) in [6.07, 6.45) is 5.76. The van der Waals surface area contributed by atoms with Crippen LogP contribution in [0.5, 0.6) is 0 Å². The highest BCUT2D eigenvalue weighted by atomic mass is 32.1. The summed E-state index contributed by atoms with van der Waals surface area (Å²) in [6, 6.07) is 5.62. The van der Waals surface area contributed by atoms with Crippen LogP contribution in [0.2, 0.25) is 0 Å². The first-order valence-corrected chi connectivity index (χ1v) is 9.67. The van der Waals surface area contributed by atoms with Gasteiger partial charge in [-0.15, -0.1) is 11.3 Å². The molecule has 136 valence electrons. The number of hydrogen-bond acceptors (Lipinski definition) is 5. The molecule has 7 nitrogen and oxygen atoms in total. The fourth-order valence-corrected chi connectivity index (χ4v) is 4.01. The van der Waals surface area contributed by atoms with Crippen LogP contribution in [0.25, 0.3) is 22.4 Å². The number of hydrogen-bond donors (Lipinski definition) is 3. The third-order valence-electron chi connectivity index (χ3n) is 4.61. The lowest BCUT2D eigenvalue weighted by molar-refractivity contribution is 0.232. The summed E-state index contributed by atoms with van der Waals surface area (Å²) >= 11 is 1.49. The summed E-state index contributed by atoms with van der Waals surface area (Å²) < 4.78 is 5.09. The second-order valence-corrected chi connectivity index (χ2v) is 7.46. The molecule has 0 atom stereocenters. The molecule has 26 heavy (non-hydrogen) atoms. The van der Waals surface area contributed by atoms with Crippen LogP contribution in [0.4, 0.5) is 4.79 Å². The van der Waals surface area contributed by atoms with Crippen LogP contribution >= 0.6 is 11.3 Å². The van der Waals surface area contributed by atoms with Gasteiger partial charge in [0.1, 0.15) is 5.01 Å². The number of amides is 2. The number of urea groups is 1. The molecule has 3 N–H and O–H groups in total. The van der Waals surface area contributed by atoms with Crippen molar-refractivity contribution in [2.45, 2.75) is 44.7 Å². The summed E-state index contributed by atoms with van der Waals surface area (Å²) in [6.45, 7) is 0.394. The average Bonchev–Trinajstić information content (AvgIpc) is 3.25. The molecular formula is C18H20N4O3S. The molecule has 0 aliphatic heterocycles. The molecule has 1 aliphatic rings. The first-order chi connectivity index (χ1) is 12.7. The van der Waals surface area contributed by atoms with E-state index in [2.05, 4.69) is 20.6 Å². The van der Waals surface area contributed by atoms with E-state index in [1.54, 1.807) is 12.1 Å². The summed E-state index contributed by atoms with van der Waals surface area (Å²) in [5.41, 5.74) is 2.84. The Morgan fingerprint density at radius 1 is 1.31 bits per heavy atom. The molecule has 0 unspecified atom stereocenters. The molecule has 1 aromatic carbocycles. The molecular weight excluding hydrogens is 352 g/mol. The largest absolute Gasteiger partial charge is 0.417 e. The SMILES string of the molecule is O=C(NCc1nc(-c2ccc3[nH]c(=O)oc3c2)cs1)NC1CCCCC1. The lowest BCUT2D eigenvalue weighted by Gasteiger charge is -2.22. The van der Waals surface area contributed by atoms with Crippen molar-refractivity contribution in [2.24, 2.45) is 0 Å². The number of H-pyrrole nitrogens is 1. The predicted molar refractivity (Wildman–Crippen MR) is 100 cm³/mol. The number of fused-ring (bicyclic) bond motifs is 1. The number of rotatable bonds is 4. The number of benzene rings is 1. The lowest BCUT2D eigenvalue weighted by Crippen LogP contribution is -2.42. The quantitative estimate of drug-likeness (QED) is 0.654. The van der Waals surface area contributed by atoms with E-state index in [0.29, 0.717) is 23.7 Å². The van der Waals surface area contributed by atoms with E-state index in [0.717, 1.165) is 29.1 Å². The highest BCUT2D eigenvalue weighted by Crippen LogP contribution is 2.25. The van der Waals surface area contributed by atoms with Gasteiger partial charge < -0.3 is 15.1 Å². The van der Waals surface area contributed by atoms with Gasteiger partial charge in [0.2, 0.25) is 0 Å². The topological polar surface area (TPSA) is 100 Å². The Bertz CT molecular complexity index is 968. The van der Waals surface area contributed by atoms with Gasteiger partial charge in [-0.1, -0.05) is 25.3 Å². The highest BCUT2D eigenvalue weighted by Gasteiger charge is 2.15. The number of nitrogens with zero attached hydrogens (tertiary/aromatic N) is 1. The summed E-state index contributed by atoms with van der Waals surface area (Å²) in [5, 5.41) is 8.67. The van der Waals surface area contributed by atoms with Crippen molar-refractivity contribution in [3.05, 3.63) is 39.1 Å². The molecule has 2 amide bonds. The van der Waals surface area contributed by atoms with Gasteiger partial charge in [-0.05, 0) is 25.0 Å². The van der Waals surface area contributed by atoms with Gasteiger partial charge in [0.15, 0.2) is 5.58 Å². The molecule has 1 aliphatic carbocycles. The van der Waals surface area contributed by atoms with Gasteiger partial charge in [0.05, 0.1) is 17.8 Å². The third kappa shape index (κ3) is 3.80. The zero-order valence-corrected chi connectivity index (χ0v) is 15.0. The smallest absolute Gasteiger partial charge is 0.408 e. The van der Waals surface area contributed by atoms with Crippen LogP contribution < -0.4 is 16.4 Å². The van der Waals surface area contributed by atoms with E-state index in [1.165, 1.54) is 30.6 Å². The number of carbonyl (C=O) groups excluding carboxylic acids is 1. The Labute approximate surface area is 153 Å². The molecule has 1 saturated carbocycles. The van der Waals surface area contributed by atoms with Gasteiger partial charge >= 0.3 is 11.8 Å². The standard InChI is InChI=1S/C18H20N4O3S/c23-17(20-12-4-2-1-3-5-12)19-9-16-21-14(10-26-16)11-6-7-13-15(8-11)25-18(24)22-13/h6-8,10,12H,1-5,9H2,(H,22,24)(H2,19,20,23). The first-order valence-electron chi connectivity index (χ1n) is 8.79. The number of thiazole rings is 1. The molecule has 0 saturated heterocycles. The predicted octanol–water partition coefficient (Wildman–Crippen LogP) is 3.38. The van der Waals surface area contributed by atoms with E-state index in [1.807, 2.05) is 11.4 Å².